The van der Waals surface area contributed by atoms with E-state index in [1.807, 2.05) is 29.2 Å². The minimum atomic E-state index is -0.611. The van der Waals surface area contributed by atoms with E-state index in [1.54, 1.807) is 6.20 Å². The summed E-state index contributed by atoms with van der Waals surface area (Å²) in [5, 5.41) is 0. The van der Waals surface area contributed by atoms with Crippen LogP contribution in [-0.2, 0) is 29.6 Å². The van der Waals surface area contributed by atoms with Gasteiger partial charge in [0.25, 0.3) is 0 Å². The van der Waals surface area contributed by atoms with Crippen LogP contribution in [-0.4, -0.2) is 17.5 Å². The number of hydrogen-bond acceptors (Lipinski definition) is 3. The van der Waals surface area contributed by atoms with Gasteiger partial charge >= 0.3 is 0 Å². The van der Waals surface area contributed by atoms with Gasteiger partial charge in [-0.3, -0.25) is 9.78 Å². The first kappa shape index (κ1) is 16.8. The third kappa shape index (κ3) is 2.32. The zero-order valence-electron chi connectivity index (χ0n) is 16.2. The minimum Gasteiger partial charge on any atom is -0.493 e. The van der Waals surface area contributed by atoms with Crippen molar-refractivity contribution < 1.29 is 9.53 Å². The Bertz CT molecular complexity index is 1120. The highest BCUT2D eigenvalue weighted by Crippen LogP contribution is 2.53. The predicted molar refractivity (Wildman–Crippen MR) is 111 cm³/mol. The summed E-state index contributed by atoms with van der Waals surface area (Å²) in [6.07, 6.45) is 5.64. The van der Waals surface area contributed by atoms with E-state index in [1.165, 1.54) is 11.1 Å². The molecule has 3 aromatic rings. The fraction of sp³-hybridized carbons (Fsp3) is 0.280. The van der Waals surface area contributed by atoms with Gasteiger partial charge in [-0.25, -0.2) is 0 Å². The van der Waals surface area contributed by atoms with Gasteiger partial charge in [0.05, 0.1) is 18.8 Å². The van der Waals surface area contributed by atoms with E-state index >= 15 is 0 Å². The van der Waals surface area contributed by atoms with Crippen LogP contribution in [0.3, 0.4) is 0 Å². The molecule has 0 fully saturated rings. The fourth-order valence-electron chi connectivity index (χ4n) is 5.40. The van der Waals surface area contributed by atoms with Crippen LogP contribution in [0, 0.1) is 0 Å². The molecule has 0 N–H and O–H groups in total. The molecule has 29 heavy (non-hydrogen) atoms. The van der Waals surface area contributed by atoms with E-state index in [2.05, 4.69) is 35.3 Å². The zero-order chi connectivity index (χ0) is 19.4. The van der Waals surface area contributed by atoms with Gasteiger partial charge in [0, 0.05) is 18.3 Å². The van der Waals surface area contributed by atoms with Gasteiger partial charge in [-0.15, -0.1) is 0 Å². The largest absolute Gasteiger partial charge is 0.493 e. The van der Waals surface area contributed by atoms with Gasteiger partial charge in [-0.1, -0.05) is 30.3 Å². The number of carbonyl (C=O) groups is 1. The monoisotopic (exact) mass is 382 g/mol. The topological polar surface area (TPSA) is 42.4 Å². The molecule has 1 atom stereocenters. The van der Waals surface area contributed by atoms with Gasteiger partial charge in [-0.05, 0) is 65.8 Å². The molecule has 2 aliphatic heterocycles. The van der Waals surface area contributed by atoms with E-state index in [9.17, 15) is 4.79 Å². The summed E-state index contributed by atoms with van der Waals surface area (Å²) in [6, 6.07) is 18.6. The number of hydrogen-bond donors (Lipinski definition) is 0. The first-order chi connectivity index (χ1) is 14.3. The van der Waals surface area contributed by atoms with Crippen molar-refractivity contribution >= 4 is 11.6 Å². The molecule has 144 valence electrons. The van der Waals surface area contributed by atoms with Crippen LogP contribution >= 0.6 is 0 Å². The molecule has 4 nitrogen and oxygen atoms in total. The fourth-order valence-corrected chi connectivity index (χ4v) is 5.40. The number of fused-ring (bicyclic) bond motifs is 5. The van der Waals surface area contributed by atoms with E-state index < -0.39 is 5.41 Å². The Kier molecular flexibility index (Phi) is 3.58. The highest BCUT2D eigenvalue weighted by molar-refractivity contribution is 6.10. The minimum absolute atomic E-state index is 0.170. The molecule has 0 saturated carbocycles. The smallest absolute Gasteiger partial charge is 0.242 e. The molecular formula is C25H22N2O2. The average molecular weight is 382 g/mol. The molecule has 0 saturated heterocycles. The summed E-state index contributed by atoms with van der Waals surface area (Å²) < 4.78 is 5.88. The SMILES string of the molecule is O=C1N(Cc2ccccn2)c2ccccc2C12CCCc1cc3c(cc12)OCC3. The number of benzene rings is 2. The van der Waals surface area contributed by atoms with Gasteiger partial charge in [-0.2, -0.15) is 0 Å². The first-order valence-corrected chi connectivity index (χ1v) is 10.4. The lowest BCUT2D eigenvalue weighted by molar-refractivity contribution is -0.122. The summed E-state index contributed by atoms with van der Waals surface area (Å²) in [5.74, 6) is 1.13. The van der Waals surface area contributed by atoms with Crippen molar-refractivity contribution in [2.24, 2.45) is 0 Å². The standard InChI is InChI=1S/C25H22N2O2/c28-24-25(11-5-6-17-14-18-10-13-29-23(18)15-21(17)25)20-8-1-2-9-22(20)27(24)16-19-7-3-4-12-26-19/h1-4,7-9,12,14-15H,5-6,10-11,13,16H2. The van der Waals surface area contributed by atoms with E-state index in [-0.39, 0.29) is 5.91 Å². The van der Waals surface area contributed by atoms with Crippen molar-refractivity contribution in [3.8, 4) is 5.75 Å². The van der Waals surface area contributed by atoms with Crippen LogP contribution in [0.2, 0.25) is 0 Å². The molecule has 3 aliphatic rings. The van der Waals surface area contributed by atoms with E-state index in [0.717, 1.165) is 60.5 Å². The van der Waals surface area contributed by atoms with Crippen LogP contribution in [0.4, 0.5) is 5.69 Å². The van der Waals surface area contributed by atoms with Crippen LogP contribution in [0.15, 0.2) is 60.8 Å². The number of carbonyl (C=O) groups excluding carboxylic acids is 1. The summed E-state index contributed by atoms with van der Waals surface area (Å²) in [7, 11) is 0. The van der Waals surface area contributed by atoms with Crippen LogP contribution in [0.25, 0.3) is 0 Å². The second-order valence-electron chi connectivity index (χ2n) is 8.20. The van der Waals surface area contributed by atoms with Gasteiger partial charge in [0.1, 0.15) is 11.2 Å². The number of pyridine rings is 1. The zero-order valence-corrected chi connectivity index (χ0v) is 16.2. The number of rotatable bonds is 2. The second kappa shape index (κ2) is 6.18. The number of ether oxygens (including phenoxy) is 1. The quantitative estimate of drug-likeness (QED) is 0.668. The Morgan fingerprint density at radius 2 is 1.90 bits per heavy atom. The Morgan fingerprint density at radius 3 is 2.79 bits per heavy atom. The van der Waals surface area contributed by atoms with E-state index in [4.69, 9.17) is 4.74 Å². The Balaban J connectivity index is 1.54. The number of aryl methyl sites for hydroxylation is 1. The molecule has 3 heterocycles. The molecule has 1 amide bonds. The van der Waals surface area contributed by atoms with Crippen LogP contribution in [0.1, 0.15) is 40.8 Å². The maximum absolute atomic E-state index is 14.1. The third-order valence-corrected chi connectivity index (χ3v) is 6.68. The number of para-hydroxylation sites is 1. The summed E-state index contributed by atoms with van der Waals surface area (Å²) in [5.41, 5.74) is 6.16. The Labute approximate surface area is 170 Å². The molecule has 1 aromatic heterocycles. The second-order valence-corrected chi connectivity index (χ2v) is 8.20. The van der Waals surface area contributed by atoms with Crippen LogP contribution in [0.5, 0.6) is 5.75 Å². The van der Waals surface area contributed by atoms with E-state index in [0.29, 0.717) is 6.54 Å². The first-order valence-electron chi connectivity index (χ1n) is 10.4. The van der Waals surface area contributed by atoms with Crippen molar-refractivity contribution in [3.63, 3.8) is 0 Å². The molecule has 4 heteroatoms. The molecule has 1 aliphatic carbocycles. The predicted octanol–water partition coefficient (Wildman–Crippen LogP) is 4.19. The normalized spacial score (nSPS) is 21.7. The maximum atomic E-state index is 14.1. The number of nitrogens with zero attached hydrogens (tertiary/aromatic N) is 2. The van der Waals surface area contributed by atoms with Crippen molar-refractivity contribution in [3.05, 3.63) is 88.7 Å². The molecule has 2 aromatic carbocycles. The van der Waals surface area contributed by atoms with Crippen molar-refractivity contribution in [1.82, 2.24) is 4.98 Å². The maximum Gasteiger partial charge on any atom is 0.242 e. The van der Waals surface area contributed by atoms with Crippen molar-refractivity contribution in [2.75, 3.05) is 11.5 Å². The summed E-state index contributed by atoms with van der Waals surface area (Å²) >= 11 is 0. The molecular weight excluding hydrogens is 360 g/mol. The molecule has 0 bridgehead atoms. The summed E-state index contributed by atoms with van der Waals surface area (Å²) in [6.45, 7) is 1.23. The molecule has 1 unspecified atom stereocenters. The van der Waals surface area contributed by atoms with Gasteiger partial charge in [0.2, 0.25) is 5.91 Å². The number of amides is 1. The lowest BCUT2D eigenvalue weighted by Gasteiger charge is -2.35. The highest BCUT2D eigenvalue weighted by atomic mass is 16.5. The molecule has 0 radical (unpaired) electrons. The number of anilines is 1. The Morgan fingerprint density at radius 1 is 1.00 bits per heavy atom. The van der Waals surface area contributed by atoms with Gasteiger partial charge < -0.3 is 9.64 Å². The average Bonchev–Trinajstić information content (AvgIpc) is 3.31. The number of aromatic nitrogens is 1. The molecule has 1 spiro atoms. The van der Waals surface area contributed by atoms with Crippen LogP contribution < -0.4 is 9.64 Å². The third-order valence-electron chi connectivity index (χ3n) is 6.68. The highest BCUT2D eigenvalue weighted by Gasteiger charge is 2.53. The summed E-state index contributed by atoms with van der Waals surface area (Å²) in [4.78, 5) is 20.5. The Hall–Kier alpha value is -3.14. The lowest BCUT2D eigenvalue weighted by Crippen LogP contribution is -2.43. The van der Waals surface area contributed by atoms with Crippen molar-refractivity contribution in [1.29, 1.82) is 0 Å². The van der Waals surface area contributed by atoms with Gasteiger partial charge in [0.15, 0.2) is 0 Å². The van der Waals surface area contributed by atoms with Crippen molar-refractivity contribution in [2.45, 2.75) is 37.6 Å². The molecule has 6 rings (SSSR count). The lowest BCUT2D eigenvalue weighted by atomic mass is 9.66.